The molecule has 1 rings (SSSR count). The van der Waals surface area contributed by atoms with Crippen molar-refractivity contribution in [1.82, 2.24) is 10.2 Å². The summed E-state index contributed by atoms with van der Waals surface area (Å²) in [5.74, 6) is 0.355. The summed E-state index contributed by atoms with van der Waals surface area (Å²) in [6.07, 6.45) is 1.00. The predicted molar refractivity (Wildman–Crippen MR) is 50.3 cm³/mol. The SMILES string of the molecule is CC(CO)CN1CCCNC(=O)C1. The van der Waals surface area contributed by atoms with E-state index in [4.69, 9.17) is 5.11 Å². The molecule has 0 radical (unpaired) electrons. The third-order valence-electron chi connectivity index (χ3n) is 2.22. The van der Waals surface area contributed by atoms with E-state index in [0.29, 0.717) is 6.54 Å². The van der Waals surface area contributed by atoms with Crippen LogP contribution in [0.4, 0.5) is 0 Å². The molecular formula is C9H18N2O2. The minimum absolute atomic E-state index is 0.0997. The van der Waals surface area contributed by atoms with Gasteiger partial charge in [-0.25, -0.2) is 0 Å². The van der Waals surface area contributed by atoms with E-state index in [-0.39, 0.29) is 18.4 Å². The molecule has 1 heterocycles. The van der Waals surface area contributed by atoms with Crippen LogP contribution in [-0.4, -0.2) is 48.7 Å². The zero-order valence-electron chi connectivity index (χ0n) is 8.12. The number of aliphatic hydroxyl groups excluding tert-OH is 1. The van der Waals surface area contributed by atoms with E-state index >= 15 is 0 Å². The average molecular weight is 186 g/mol. The molecule has 1 amide bonds. The fourth-order valence-corrected chi connectivity index (χ4v) is 1.52. The van der Waals surface area contributed by atoms with Gasteiger partial charge in [0.05, 0.1) is 6.54 Å². The van der Waals surface area contributed by atoms with Crippen LogP contribution in [0.1, 0.15) is 13.3 Å². The first kappa shape index (κ1) is 10.5. The lowest BCUT2D eigenvalue weighted by Crippen LogP contribution is -2.36. The highest BCUT2D eigenvalue weighted by molar-refractivity contribution is 5.78. The highest BCUT2D eigenvalue weighted by Crippen LogP contribution is 2.01. The highest BCUT2D eigenvalue weighted by atomic mass is 16.3. The summed E-state index contributed by atoms with van der Waals surface area (Å²) in [7, 11) is 0. The Kier molecular flexibility index (Phi) is 4.18. The molecule has 1 aliphatic rings. The van der Waals surface area contributed by atoms with Gasteiger partial charge in [-0.3, -0.25) is 9.69 Å². The molecule has 1 unspecified atom stereocenters. The lowest BCUT2D eigenvalue weighted by atomic mass is 10.2. The monoisotopic (exact) mass is 186 g/mol. The zero-order valence-corrected chi connectivity index (χ0v) is 8.12. The molecule has 13 heavy (non-hydrogen) atoms. The lowest BCUT2D eigenvalue weighted by molar-refractivity contribution is -0.121. The first-order valence-electron chi connectivity index (χ1n) is 4.82. The number of carbonyl (C=O) groups is 1. The van der Waals surface area contributed by atoms with Gasteiger partial charge in [-0.15, -0.1) is 0 Å². The molecule has 1 atom stereocenters. The summed E-state index contributed by atoms with van der Waals surface area (Å²) in [5.41, 5.74) is 0. The number of hydrogen-bond acceptors (Lipinski definition) is 3. The van der Waals surface area contributed by atoms with E-state index in [1.807, 2.05) is 6.92 Å². The fraction of sp³-hybridized carbons (Fsp3) is 0.889. The summed E-state index contributed by atoms with van der Waals surface area (Å²) < 4.78 is 0. The van der Waals surface area contributed by atoms with E-state index in [2.05, 4.69) is 10.2 Å². The van der Waals surface area contributed by atoms with Gasteiger partial charge >= 0.3 is 0 Å². The molecule has 0 aromatic rings. The van der Waals surface area contributed by atoms with Crippen molar-refractivity contribution >= 4 is 5.91 Å². The maximum absolute atomic E-state index is 11.1. The Bertz CT molecular complexity index is 173. The molecule has 76 valence electrons. The summed E-state index contributed by atoms with van der Waals surface area (Å²) in [5, 5.41) is 11.7. The van der Waals surface area contributed by atoms with Gasteiger partial charge in [-0.05, 0) is 12.3 Å². The van der Waals surface area contributed by atoms with E-state index in [1.54, 1.807) is 0 Å². The smallest absolute Gasteiger partial charge is 0.234 e. The van der Waals surface area contributed by atoms with Crippen molar-refractivity contribution in [2.45, 2.75) is 13.3 Å². The Hall–Kier alpha value is -0.610. The van der Waals surface area contributed by atoms with Gasteiger partial charge < -0.3 is 10.4 Å². The average Bonchev–Trinajstić information content (AvgIpc) is 2.30. The molecule has 2 N–H and O–H groups in total. The van der Waals surface area contributed by atoms with Crippen LogP contribution in [0, 0.1) is 5.92 Å². The van der Waals surface area contributed by atoms with Crippen molar-refractivity contribution in [3.63, 3.8) is 0 Å². The van der Waals surface area contributed by atoms with Crippen molar-refractivity contribution < 1.29 is 9.90 Å². The second kappa shape index (κ2) is 5.19. The van der Waals surface area contributed by atoms with Gasteiger partial charge in [-0.2, -0.15) is 0 Å². The van der Waals surface area contributed by atoms with Gasteiger partial charge in [0.25, 0.3) is 0 Å². The first-order valence-corrected chi connectivity index (χ1v) is 4.82. The van der Waals surface area contributed by atoms with Crippen LogP contribution in [0.25, 0.3) is 0 Å². The maximum atomic E-state index is 11.1. The molecule has 0 aromatic carbocycles. The lowest BCUT2D eigenvalue weighted by Gasteiger charge is -2.21. The van der Waals surface area contributed by atoms with Crippen LogP contribution in [0.5, 0.6) is 0 Å². The van der Waals surface area contributed by atoms with E-state index in [0.717, 1.165) is 26.1 Å². The number of rotatable bonds is 3. The van der Waals surface area contributed by atoms with E-state index in [1.165, 1.54) is 0 Å². The number of hydrogen-bond donors (Lipinski definition) is 2. The van der Waals surface area contributed by atoms with Crippen molar-refractivity contribution in [3.05, 3.63) is 0 Å². The van der Waals surface area contributed by atoms with Crippen LogP contribution in [0.15, 0.2) is 0 Å². The van der Waals surface area contributed by atoms with Crippen LogP contribution in [0.2, 0.25) is 0 Å². The number of aliphatic hydroxyl groups is 1. The van der Waals surface area contributed by atoms with Crippen LogP contribution in [0.3, 0.4) is 0 Å². The Balaban J connectivity index is 2.34. The Morgan fingerprint density at radius 3 is 3.15 bits per heavy atom. The minimum atomic E-state index is 0.0997. The molecule has 1 aliphatic heterocycles. The van der Waals surface area contributed by atoms with Gasteiger partial charge in [0, 0.05) is 26.2 Å². The standard InChI is InChI=1S/C9H18N2O2/c1-8(7-12)5-11-4-2-3-10-9(13)6-11/h8,12H,2-7H2,1H3,(H,10,13). The van der Waals surface area contributed by atoms with Crippen molar-refractivity contribution in [2.75, 3.05) is 32.8 Å². The summed E-state index contributed by atoms with van der Waals surface area (Å²) >= 11 is 0. The minimum Gasteiger partial charge on any atom is -0.396 e. The molecule has 4 heteroatoms. The topological polar surface area (TPSA) is 52.6 Å². The molecular weight excluding hydrogens is 168 g/mol. The van der Waals surface area contributed by atoms with Gasteiger partial charge in [0.2, 0.25) is 5.91 Å². The third-order valence-corrected chi connectivity index (χ3v) is 2.22. The van der Waals surface area contributed by atoms with Crippen molar-refractivity contribution in [2.24, 2.45) is 5.92 Å². The molecule has 1 fully saturated rings. The van der Waals surface area contributed by atoms with Gasteiger partial charge in [0.1, 0.15) is 0 Å². The molecule has 0 aliphatic carbocycles. The van der Waals surface area contributed by atoms with Gasteiger partial charge in [-0.1, -0.05) is 6.92 Å². The zero-order chi connectivity index (χ0) is 9.68. The second-order valence-corrected chi connectivity index (χ2v) is 3.73. The molecule has 0 aromatic heterocycles. The maximum Gasteiger partial charge on any atom is 0.234 e. The number of amides is 1. The first-order chi connectivity index (χ1) is 6.22. The Labute approximate surface area is 78.9 Å². The normalized spacial score (nSPS) is 22.2. The van der Waals surface area contributed by atoms with E-state index in [9.17, 15) is 4.79 Å². The second-order valence-electron chi connectivity index (χ2n) is 3.73. The number of carbonyl (C=O) groups excluding carboxylic acids is 1. The van der Waals surface area contributed by atoms with Crippen LogP contribution >= 0.6 is 0 Å². The Morgan fingerprint density at radius 1 is 1.69 bits per heavy atom. The molecule has 1 saturated heterocycles. The molecule has 0 spiro atoms. The highest BCUT2D eigenvalue weighted by Gasteiger charge is 2.15. The van der Waals surface area contributed by atoms with E-state index < -0.39 is 0 Å². The number of nitrogens with zero attached hydrogens (tertiary/aromatic N) is 1. The summed E-state index contributed by atoms with van der Waals surface area (Å²) in [6, 6.07) is 0. The molecule has 4 nitrogen and oxygen atoms in total. The largest absolute Gasteiger partial charge is 0.396 e. The fourth-order valence-electron chi connectivity index (χ4n) is 1.52. The predicted octanol–water partition coefficient (Wildman–Crippen LogP) is -0.563. The summed E-state index contributed by atoms with van der Waals surface area (Å²) in [4.78, 5) is 13.2. The number of nitrogens with one attached hydrogen (secondary N) is 1. The van der Waals surface area contributed by atoms with Crippen molar-refractivity contribution in [1.29, 1.82) is 0 Å². The molecule has 0 saturated carbocycles. The summed E-state index contributed by atoms with van der Waals surface area (Å²) in [6.45, 7) is 5.20. The third kappa shape index (κ3) is 3.74. The van der Waals surface area contributed by atoms with Crippen molar-refractivity contribution in [3.8, 4) is 0 Å². The molecule has 0 bridgehead atoms. The Morgan fingerprint density at radius 2 is 2.46 bits per heavy atom. The van der Waals surface area contributed by atoms with Crippen LogP contribution in [-0.2, 0) is 4.79 Å². The quantitative estimate of drug-likeness (QED) is 0.621. The van der Waals surface area contributed by atoms with Gasteiger partial charge in [0.15, 0.2) is 0 Å². The van der Waals surface area contributed by atoms with Crippen LogP contribution < -0.4 is 5.32 Å².